The van der Waals surface area contributed by atoms with Crippen molar-refractivity contribution in [3.63, 3.8) is 0 Å². The molecule has 1 nitrogen and oxygen atoms in total. The average Bonchev–Trinajstić information content (AvgIpc) is 2.16. The van der Waals surface area contributed by atoms with Crippen LogP contribution in [0.5, 0.6) is 0 Å². The zero-order valence-electron chi connectivity index (χ0n) is 11.1. The Morgan fingerprint density at radius 1 is 1.28 bits per heavy atom. The Labute approximate surface area is 105 Å². The van der Waals surface area contributed by atoms with E-state index in [0.29, 0.717) is 11.3 Å². The summed E-state index contributed by atoms with van der Waals surface area (Å²) in [7, 11) is 0. The van der Waals surface area contributed by atoms with Crippen LogP contribution in [-0.2, 0) is 6.18 Å². The SMILES string of the molecule is Cc1c(C(F)(F)F)ccc2c1NC(C)(C)CC2C. The monoisotopic (exact) mass is 257 g/mol. The lowest BCUT2D eigenvalue weighted by Gasteiger charge is -2.39. The van der Waals surface area contributed by atoms with Gasteiger partial charge in [-0.25, -0.2) is 0 Å². The zero-order valence-corrected chi connectivity index (χ0v) is 11.1. The number of benzene rings is 1. The fraction of sp³-hybridized carbons (Fsp3) is 0.571. The van der Waals surface area contributed by atoms with E-state index in [1.54, 1.807) is 13.0 Å². The molecule has 1 aliphatic heterocycles. The maximum Gasteiger partial charge on any atom is 0.416 e. The topological polar surface area (TPSA) is 12.0 Å². The molecule has 1 aromatic carbocycles. The van der Waals surface area contributed by atoms with Crippen LogP contribution in [0.4, 0.5) is 18.9 Å². The molecule has 0 saturated carbocycles. The third-order valence-electron chi connectivity index (χ3n) is 3.61. The van der Waals surface area contributed by atoms with Gasteiger partial charge in [0, 0.05) is 11.2 Å². The van der Waals surface area contributed by atoms with Crippen LogP contribution in [-0.4, -0.2) is 5.54 Å². The van der Waals surface area contributed by atoms with Crippen molar-refractivity contribution in [1.82, 2.24) is 0 Å². The van der Waals surface area contributed by atoms with E-state index in [-0.39, 0.29) is 11.5 Å². The molecule has 0 amide bonds. The summed E-state index contributed by atoms with van der Waals surface area (Å²) in [5, 5.41) is 3.25. The summed E-state index contributed by atoms with van der Waals surface area (Å²) >= 11 is 0. The molecule has 100 valence electrons. The molecule has 0 spiro atoms. The maximum absolute atomic E-state index is 12.9. The van der Waals surface area contributed by atoms with E-state index in [1.165, 1.54) is 6.07 Å². The van der Waals surface area contributed by atoms with E-state index < -0.39 is 11.7 Å². The van der Waals surface area contributed by atoms with Gasteiger partial charge in [-0.15, -0.1) is 0 Å². The molecule has 1 aromatic rings. The van der Waals surface area contributed by atoms with E-state index in [4.69, 9.17) is 0 Å². The van der Waals surface area contributed by atoms with Gasteiger partial charge in [-0.2, -0.15) is 13.2 Å². The number of hydrogen-bond donors (Lipinski definition) is 1. The molecule has 4 heteroatoms. The molecule has 0 bridgehead atoms. The summed E-state index contributed by atoms with van der Waals surface area (Å²) < 4.78 is 38.6. The first-order valence-electron chi connectivity index (χ1n) is 6.11. The summed E-state index contributed by atoms with van der Waals surface area (Å²) in [4.78, 5) is 0. The van der Waals surface area contributed by atoms with Crippen LogP contribution in [0, 0.1) is 6.92 Å². The second-order valence-electron chi connectivity index (χ2n) is 5.81. The highest BCUT2D eigenvalue weighted by atomic mass is 19.4. The van der Waals surface area contributed by atoms with Gasteiger partial charge >= 0.3 is 6.18 Å². The second kappa shape index (κ2) is 3.90. The summed E-state index contributed by atoms with van der Waals surface area (Å²) in [6, 6.07) is 2.81. The Hall–Kier alpha value is -1.19. The molecule has 0 aromatic heterocycles. The predicted octanol–water partition coefficient (Wildman–Crippen LogP) is 4.71. The van der Waals surface area contributed by atoms with Crippen molar-refractivity contribution < 1.29 is 13.2 Å². The van der Waals surface area contributed by atoms with Gasteiger partial charge in [0.2, 0.25) is 0 Å². The van der Waals surface area contributed by atoms with E-state index >= 15 is 0 Å². The van der Waals surface area contributed by atoms with Crippen LogP contribution in [0.1, 0.15) is 49.8 Å². The third kappa shape index (κ3) is 2.20. The summed E-state index contributed by atoms with van der Waals surface area (Å²) in [6.07, 6.45) is -3.36. The van der Waals surface area contributed by atoms with E-state index in [9.17, 15) is 13.2 Å². The van der Waals surface area contributed by atoms with Crippen molar-refractivity contribution in [3.8, 4) is 0 Å². The van der Waals surface area contributed by atoms with Crippen molar-refractivity contribution in [2.75, 3.05) is 5.32 Å². The van der Waals surface area contributed by atoms with Crippen molar-refractivity contribution in [3.05, 3.63) is 28.8 Å². The number of fused-ring (bicyclic) bond motifs is 1. The molecule has 1 atom stereocenters. The molecular weight excluding hydrogens is 239 g/mol. The highest BCUT2D eigenvalue weighted by molar-refractivity contribution is 5.64. The standard InChI is InChI=1S/C14H18F3N/c1-8-7-13(3,4)18-12-9(2)11(14(15,16)17)6-5-10(8)12/h5-6,8,18H,7H2,1-4H3. The third-order valence-corrected chi connectivity index (χ3v) is 3.61. The van der Waals surface area contributed by atoms with Crippen LogP contribution in [0.25, 0.3) is 0 Å². The van der Waals surface area contributed by atoms with Gasteiger partial charge in [0.1, 0.15) is 0 Å². The predicted molar refractivity (Wildman–Crippen MR) is 66.9 cm³/mol. The minimum Gasteiger partial charge on any atom is -0.380 e. The summed E-state index contributed by atoms with van der Waals surface area (Å²) in [6.45, 7) is 7.65. The van der Waals surface area contributed by atoms with Crippen LogP contribution >= 0.6 is 0 Å². The molecule has 0 radical (unpaired) electrons. The lowest BCUT2D eigenvalue weighted by molar-refractivity contribution is -0.138. The highest BCUT2D eigenvalue weighted by Crippen LogP contribution is 2.44. The Kier molecular flexibility index (Phi) is 2.87. The van der Waals surface area contributed by atoms with Crippen LogP contribution in [0.2, 0.25) is 0 Å². The molecule has 0 saturated heterocycles. The van der Waals surface area contributed by atoms with E-state index in [2.05, 4.69) is 12.2 Å². The number of hydrogen-bond acceptors (Lipinski definition) is 1. The van der Waals surface area contributed by atoms with Crippen molar-refractivity contribution in [2.24, 2.45) is 0 Å². The summed E-state index contributed by atoms with van der Waals surface area (Å²) in [5.41, 5.74) is 1.24. The molecule has 0 fully saturated rings. The number of alkyl halides is 3. The molecule has 1 unspecified atom stereocenters. The molecule has 2 rings (SSSR count). The molecular formula is C14H18F3N. The number of rotatable bonds is 0. The van der Waals surface area contributed by atoms with Gasteiger partial charge in [0.15, 0.2) is 0 Å². The van der Waals surface area contributed by atoms with Crippen LogP contribution < -0.4 is 5.32 Å². The number of halogens is 3. The van der Waals surface area contributed by atoms with Crippen molar-refractivity contribution in [2.45, 2.75) is 51.7 Å². The van der Waals surface area contributed by atoms with E-state index in [1.807, 2.05) is 13.8 Å². The first-order chi connectivity index (χ1) is 8.12. The highest BCUT2D eigenvalue weighted by Gasteiger charge is 2.37. The van der Waals surface area contributed by atoms with Gasteiger partial charge in [0.25, 0.3) is 0 Å². The van der Waals surface area contributed by atoms with Crippen molar-refractivity contribution in [1.29, 1.82) is 0 Å². The van der Waals surface area contributed by atoms with Gasteiger partial charge in [-0.05, 0) is 50.3 Å². The fourth-order valence-electron chi connectivity index (χ4n) is 2.88. The Balaban J connectivity index is 2.58. The first kappa shape index (κ1) is 13.2. The minimum atomic E-state index is -4.29. The Morgan fingerprint density at radius 2 is 1.89 bits per heavy atom. The minimum absolute atomic E-state index is 0.165. The second-order valence-corrected chi connectivity index (χ2v) is 5.81. The molecule has 1 heterocycles. The lowest BCUT2D eigenvalue weighted by atomic mass is 9.80. The quantitative estimate of drug-likeness (QED) is 0.709. The van der Waals surface area contributed by atoms with Gasteiger partial charge in [-0.1, -0.05) is 13.0 Å². The van der Waals surface area contributed by atoms with Crippen LogP contribution in [0.3, 0.4) is 0 Å². The first-order valence-corrected chi connectivity index (χ1v) is 6.11. The van der Waals surface area contributed by atoms with E-state index in [0.717, 1.165) is 12.0 Å². The largest absolute Gasteiger partial charge is 0.416 e. The van der Waals surface area contributed by atoms with Gasteiger partial charge in [0.05, 0.1) is 5.56 Å². The lowest BCUT2D eigenvalue weighted by Crippen LogP contribution is -2.37. The number of anilines is 1. The number of nitrogens with one attached hydrogen (secondary N) is 1. The van der Waals surface area contributed by atoms with Crippen LogP contribution in [0.15, 0.2) is 12.1 Å². The summed E-state index contributed by atoms with van der Waals surface area (Å²) in [5.74, 6) is 0.275. The molecule has 1 aliphatic rings. The average molecular weight is 257 g/mol. The smallest absolute Gasteiger partial charge is 0.380 e. The van der Waals surface area contributed by atoms with Crippen molar-refractivity contribution >= 4 is 5.69 Å². The molecule has 1 N–H and O–H groups in total. The normalized spacial score (nSPS) is 22.3. The zero-order chi connectivity index (χ0) is 13.7. The Bertz CT molecular complexity index is 475. The Morgan fingerprint density at radius 3 is 2.44 bits per heavy atom. The molecule has 18 heavy (non-hydrogen) atoms. The van der Waals surface area contributed by atoms with Gasteiger partial charge in [-0.3, -0.25) is 0 Å². The van der Waals surface area contributed by atoms with Gasteiger partial charge < -0.3 is 5.32 Å². The fourth-order valence-corrected chi connectivity index (χ4v) is 2.88. The maximum atomic E-state index is 12.9. The molecule has 0 aliphatic carbocycles.